The first-order chi connectivity index (χ1) is 16.3. The molecule has 3 rings (SSSR count). The summed E-state index contributed by atoms with van der Waals surface area (Å²) in [4.78, 5) is 0. The molecule has 0 amide bonds. The van der Waals surface area contributed by atoms with Gasteiger partial charge in [0.2, 0.25) is 0 Å². The van der Waals surface area contributed by atoms with E-state index in [1.165, 1.54) is 43.9 Å². The molecule has 3 aromatic rings. The highest BCUT2D eigenvalue weighted by Gasteiger charge is 2.33. The number of halogens is 3. The van der Waals surface area contributed by atoms with Crippen LogP contribution in [0.1, 0.15) is 63.9 Å². The Morgan fingerprint density at radius 1 is 0.941 bits per heavy atom. The van der Waals surface area contributed by atoms with Gasteiger partial charge in [-0.3, -0.25) is 4.57 Å². The molecule has 0 saturated heterocycles. The van der Waals surface area contributed by atoms with Crippen molar-refractivity contribution in [2.24, 2.45) is 0 Å². The van der Waals surface area contributed by atoms with Crippen molar-refractivity contribution >= 4 is 34.7 Å². The lowest BCUT2D eigenvalue weighted by atomic mass is 10.1. The summed E-state index contributed by atoms with van der Waals surface area (Å²) in [5.41, 5.74) is -0.141. The van der Waals surface area contributed by atoms with Crippen LogP contribution in [0.2, 0.25) is 0 Å². The van der Waals surface area contributed by atoms with Crippen molar-refractivity contribution in [2.75, 3.05) is 5.32 Å². The van der Waals surface area contributed by atoms with Crippen LogP contribution in [0.4, 0.5) is 18.9 Å². The van der Waals surface area contributed by atoms with Crippen LogP contribution in [0.3, 0.4) is 0 Å². The number of rotatable bonds is 11. The third kappa shape index (κ3) is 5.85. The third-order valence-corrected chi connectivity index (χ3v) is 6.06. The minimum atomic E-state index is -4.50. The Morgan fingerprint density at radius 3 is 2.26 bits per heavy atom. The lowest BCUT2D eigenvalue weighted by molar-refractivity contribution is -0.136. The van der Waals surface area contributed by atoms with Crippen LogP contribution >= 0.6 is 0 Å². The van der Waals surface area contributed by atoms with Gasteiger partial charge in [0.25, 0.3) is 0 Å². The van der Waals surface area contributed by atoms with Gasteiger partial charge in [-0.1, -0.05) is 88.9 Å². The number of alkyl halides is 3. The van der Waals surface area contributed by atoms with E-state index in [0.717, 1.165) is 36.2 Å². The zero-order valence-corrected chi connectivity index (χ0v) is 19.7. The number of aromatic nitrogens is 1. The molecule has 1 aromatic heterocycles. The molecule has 0 spiro atoms. The highest BCUT2D eigenvalue weighted by atomic mass is 19.4. The van der Waals surface area contributed by atoms with E-state index in [2.05, 4.69) is 25.4 Å². The molecular formula is C28H33F3N2O. The number of hydrogen-bond donors (Lipinski definition) is 2. The second-order valence-corrected chi connectivity index (χ2v) is 8.61. The summed E-state index contributed by atoms with van der Waals surface area (Å²) in [5.74, 6) is 0.477. The third-order valence-electron chi connectivity index (χ3n) is 6.06. The SMILES string of the molecule is C=C(Nc1ccccc1C(F)(F)F)n1c(=C)/c(=C(\O)CCCCCCCCC)c2ccccc21. The topological polar surface area (TPSA) is 37.2 Å². The lowest BCUT2D eigenvalue weighted by Crippen LogP contribution is -2.30. The molecule has 0 atom stereocenters. The van der Waals surface area contributed by atoms with Gasteiger partial charge in [-0.15, -0.1) is 0 Å². The molecule has 2 N–H and O–H groups in total. The number of nitrogens with zero attached hydrogens (tertiary/aromatic N) is 1. The number of para-hydroxylation sites is 2. The van der Waals surface area contributed by atoms with E-state index in [1.807, 2.05) is 24.3 Å². The maximum absolute atomic E-state index is 13.5. The average molecular weight is 471 g/mol. The molecule has 2 aromatic carbocycles. The van der Waals surface area contributed by atoms with E-state index in [9.17, 15) is 18.3 Å². The molecule has 0 aliphatic rings. The number of fused-ring (bicyclic) bond motifs is 1. The highest BCUT2D eigenvalue weighted by Crippen LogP contribution is 2.35. The van der Waals surface area contributed by atoms with Crippen molar-refractivity contribution in [3.05, 3.63) is 71.2 Å². The first-order valence-corrected chi connectivity index (χ1v) is 11.9. The summed E-state index contributed by atoms with van der Waals surface area (Å²) in [7, 11) is 0. The largest absolute Gasteiger partial charge is 0.512 e. The Bertz CT molecular complexity index is 1240. The van der Waals surface area contributed by atoms with Crippen molar-refractivity contribution in [3.8, 4) is 0 Å². The van der Waals surface area contributed by atoms with Crippen LogP contribution in [0.25, 0.3) is 29.1 Å². The Labute approximate surface area is 198 Å². The van der Waals surface area contributed by atoms with Gasteiger partial charge >= 0.3 is 6.18 Å². The Balaban J connectivity index is 1.90. The zero-order valence-electron chi connectivity index (χ0n) is 19.7. The van der Waals surface area contributed by atoms with Gasteiger partial charge in [0.15, 0.2) is 0 Å². The van der Waals surface area contributed by atoms with Gasteiger partial charge in [0, 0.05) is 17.0 Å². The van der Waals surface area contributed by atoms with Gasteiger partial charge in [-0.25, -0.2) is 0 Å². The van der Waals surface area contributed by atoms with Crippen LogP contribution in [0.5, 0.6) is 0 Å². The standard InChI is InChI=1S/C28H33F3N2O/c1-4-5-6-7-8-9-10-19-26(34)27-20(2)33(25-18-14-11-15-22(25)27)21(3)32-24-17-13-12-16-23(24)28(29,30)31/h11-18,32,34H,2-10,19H2,1H3/b27-26+. The summed E-state index contributed by atoms with van der Waals surface area (Å²) in [6, 6.07) is 12.7. The van der Waals surface area contributed by atoms with Gasteiger partial charge in [0.1, 0.15) is 11.6 Å². The first-order valence-electron chi connectivity index (χ1n) is 11.9. The number of anilines is 1. The Morgan fingerprint density at radius 2 is 1.56 bits per heavy atom. The summed E-state index contributed by atoms with van der Waals surface area (Å²) in [6.45, 7) is 10.3. The van der Waals surface area contributed by atoms with E-state index in [-0.39, 0.29) is 17.3 Å². The van der Waals surface area contributed by atoms with Crippen LogP contribution in [-0.2, 0) is 6.18 Å². The van der Waals surface area contributed by atoms with Crippen LogP contribution in [0.15, 0.2) is 55.1 Å². The summed E-state index contributed by atoms with van der Waals surface area (Å²) >= 11 is 0. The van der Waals surface area contributed by atoms with Crippen LogP contribution in [-0.4, -0.2) is 9.67 Å². The van der Waals surface area contributed by atoms with Crippen molar-refractivity contribution in [1.29, 1.82) is 0 Å². The molecule has 0 saturated carbocycles. The molecule has 0 unspecified atom stereocenters. The summed E-state index contributed by atoms with van der Waals surface area (Å²) in [5, 5.41) is 15.7. The summed E-state index contributed by atoms with van der Waals surface area (Å²) in [6.07, 6.45) is 4.02. The predicted octanol–water partition coefficient (Wildman–Crippen LogP) is 7.42. The van der Waals surface area contributed by atoms with Crippen LogP contribution in [0, 0.1) is 0 Å². The number of benzene rings is 2. The predicted molar refractivity (Wildman–Crippen MR) is 136 cm³/mol. The summed E-state index contributed by atoms with van der Waals surface area (Å²) < 4.78 is 42.0. The van der Waals surface area contributed by atoms with Crippen molar-refractivity contribution < 1.29 is 18.3 Å². The average Bonchev–Trinajstić information content (AvgIpc) is 3.09. The van der Waals surface area contributed by atoms with E-state index in [0.29, 0.717) is 17.0 Å². The highest BCUT2D eigenvalue weighted by molar-refractivity contribution is 5.87. The van der Waals surface area contributed by atoms with E-state index in [4.69, 9.17) is 0 Å². The second kappa shape index (κ2) is 11.3. The molecule has 0 fully saturated rings. The van der Waals surface area contributed by atoms with Crippen molar-refractivity contribution in [3.63, 3.8) is 0 Å². The van der Waals surface area contributed by atoms with Crippen LogP contribution < -0.4 is 15.9 Å². The molecule has 3 nitrogen and oxygen atoms in total. The van der Waals surface area contributed by atoms with Crippen molar-refractivity contribution in [1.82, 2.24) is 4.57 Å². The van der Waals surface area contributed by atoms with E-state index >= 15 is 0 Å². The fraction of sp³-hybridized carbons (Fsp3) is 0.357. The molecule has 0 bridgehead atoms. The number of aliphatic hydroxyl groups is 1. The molecule has 0 aliphatic carbocycles. The number of unbranched alkanes of at least 4 members (excludes halogenated alkanes) is 6. The van der Waals surface area contributed by atoms with Gasteiger partial charge in [-0.05, 0) is 24.6 Å². The smallest absolute Gasteiger partial charge is 0.418 e. The second-order valence-electron chi connectivity index (χ2n) is 8.61. The molecule has 0 aliphatic heterocycles. The molecular weight excluding hydrogens is 437 g/mol. The fourth-order valence-corrected chi connectivity index (χ4v) is 4.35. The van der Waals surface area contributed by atoms with Crippen molar-refractivity contribution in [2.45, 2.75) is 64.5 Å². The molecule has 1 heterocycles. The molecule has 0 radical (unpaired) electrons. The Hall–Kier alpha value is -3.15. The van der Waals surface area contributed by atoms with Gasteiger partial charge in [-0.2, -0.15) is 13.2 Å². The minimum Gasteiger partial charge on any atom is -0.512 e. The number of aliphatic hydroxyl groups excluding tert-OH is 1. The maximum Gasteiger partial charge on any atom is 0.418 e. The normalized spacial score (nSPS) is 12.7. The Kier molecular flexibility index (Phi) is 8.48. The van der Waals surface area contributed by atoms with E-state index < -0.39 is 11.7 Å². The monoisotopic (exact) mass is 470 g/mol. The minimum absolute atomic E-state index is 0.0880. The first kappa shape index (κ1) is 25.5. The molecule has 182 valence electrons. The maximum atomic E-state index is 13.5. The van der Waals surface area contributed by atoms with Gasteiger partial charge in [0.05, 0.1) is 22.1 Å². The van der Waals surface area contributed by atoms with Gasteiger partial charge < -0.3 is 10.4 Å². The quantitative estimate of drug-likeness (QED) is 0.286. The number of hydrogen-bond acceptors (Lipinski definition) is 2. The van der Waals surface area contributed by atoms with E-state index in [1.54, 1.807) is 4.57 Å². The zero-order chi connectivity index (χ0) is 24.7. The molecule has 34 heavy (non-hydrogen) atoms. The lowest BCUT2D eigenvalue weighted by Gasteiger charge is -2.17. The number of nitrogens with one attached hydrogen (secondary N) is 1. The molecule has 6 heteroatoms. The fourth-order valence-electron chi connectivity index (χ4n) is 4.35.